The molecule has 0 aliphatic carbocycles. The number of fused-ring (bicyclic) bond motifs is 1. The van der Waals surface area contributed by atoms with Crippen LogP contribution in [0.5, 0.6) is 11.5 Å². The van der Waals surface area contributed by atoms with Crippen molar-refractivity contribution in [3.05, 3.63) is 35.8 Å². The van der Waals surface area contributed by atoms with E-state index >= 15 is 0 Å². The Kier molecular flexibility index (Phi) is 7.57. The average Bonchev–Trinajstić information content (AvgIpc) is 3.56. The summed E-state index contributed by atoms with van der Waals surface area (Å²) in [5, 5.41) is 2.90. The van der Waals surface area contributed by atoms with E-state index in [0.717, 1.165) is 38.5 Å². The number of carbonyl (C=O) groups is 2. The third kappa shape index (κ3) is 6.06. The fourth-order valence-electron chi connectivity index (χ4n) is 5.02. The van der Waals surface area contributed by atoms with E-state index in [1.165, 1.54) is 0 Å². The number of thiazole rings is 1. The van der Waals surface area contributed by atoms with Crippen LogP contribution < -0.4 is 19.7 Å². The molecule has 0 saturated carbocycles. The lowest BCUT2D eigenvalue weighted by Gasteiger charge is -2.37. The van der Waals surface area contributed by atoms with Crippen LogP contribution >= 0.6 is 11.3 Å². The molecule has 10 heteroatoms. The van der Waals surface area contributed by atoms with Gasteiger partial charge >= 0.3 is 6.09 Å². The van der Waals surface area contributed by atoms with Gasteiger partial charge in [0.25, 0.3) is 0 Å². The van der Waals surface area contributed by atoms with Gasteiger partial charge in [-0.05, 0) is 63.1 Å². The molecule has 2 amide bonds. The molecule has 208 valence electrons. The van der Waals surface area contributed by atoms with Crippen molar-refractivity contribution < 1.29 is 23.8 Å². The zero-order valence-corrected chi connectivity index (χ0v) is 24.0. The van der Waals surface area contributed by atoms with E-state index < -0.39 is 5.60 Å². The molecule has 2 aliphatic rings. The van der Waals surface area contributed by atoms with Gasteiger partial charge in [0.2, 0.25) is 5.91 Å². The third-order valence-corrected chi connectivity index (χ3v) is 8.03. The van der Waals surface area contributed by atoms with Crippen LogP contribution in [0.3, 0.4) is 0 Å². The lowest BCUT2D eigenvalue weighted by Crippen LogP contribution is -2.50. The summed E-state index contributed by atoms with van der Waals surface area (Å²) in [6.45, 7) is 10.8. The van der Waals surface area contributed by atoms with E-state index in [-0.39, 0.29) is 24.0 Å². The number of nitrogens with zero attached hydrogens (tertiary/aromatic N) is 3. The predicted octanol–water partition coefficient (Wildman–Crippen LogP) is 4.93. The fraction of sp³-hybridized carbons (Fsp3) is 0.483. The number of nitrogens with one attached hydrogen (secondary N) is 1. The maximum absolute atomic E-state index is 12.5. The van der Waals surface area contributed by atoms with E-state index in [1.807, 2.05) is 39.3 Å². The molecular formula is C29H36N4O5S. The molecule has 39 heavy (non-hydrogen) atoms. The minimum absolute atomic E-state index is 0.0746. The molecule has 0 spiro atoms. The van der Waals surface area contributed by atoms with Crippen LogP contribution in [0.15, 0.2) is 35.8 Å². The summed E-state index contributed by atoms with van der Waals surface area (Å²) in [5.74, 6) is 1.76. The van der Waals surface area contributed by atoms with Crippen LogP contribution in [0.1, 0.15) is 34.1 Å². The Morgan fingerprint density at radius 3 is 2.51 bits per heavy atom. The molecule has 2 aliphatic heterocycles. The Morgan fingerprint density at radius 1 is 1.10 bits per heavy atom. The first-order valence-electron chi connectivity index (χ1n) is 13.3. The van der Waals surface area contributed by atoms with Gasteiger partial charge in [-0.2, -0.15) is 0 Å². The first-order chi connectivity index (χ1) is 18.6. The zero-order valence-electron chi connectivity index (χ0n) is 23.2. The molecule has 1 aromatic heterocycles. The second-order valence-electron chi connectivity index (χ2n) is 11.1. The van der Waals surface area contributed by atoms with Crippen molar-refractivity contribution in [2.75, 3.05) is 44.7 Å². The minimum atomic E-state index is -0.509. The van der Waals surface area contributed by atoms with Gasteiger partial charge in [0, 0.05) is 45.1 Å². The van der Waals surface area contributed by atoms with E-state index in [2.05, 4.69) is 39.5 Å². The fourth-order valence-corrected chi connectivity index (χ4v) is 5.75. The van der Waals surface area contributed by atoms with Crippen molar-refractivity contribution in [2.24, 2.45) is 5.92 Å². The summed E-state index contributed by atoms with van der Waals surface area (Å²) in [4.78, 5) is 32.7. The van der Waals surface area contributed by atoms with Crippen molar-refractivity contribution in [1.82, 2.24) is 15.2 Å². The number of benzene rings is 2. The minimum Gasteiger partial charge on any atom is -0.495 e. The van der Waals surface area contributed by atoms with Crippen molar-refractivity contribution >= 4 is 39.2 Å². The zero-order chi connectivity index (χ0) is 27.7. The van der Waals surface area contributed by atoms with Gasteiger partial charge in [-0.3, -0.25) is 4.79 Å². The molecule has 2 aromatic carbocycles. The molecule has 0 radical (unpaired) electrons. The van der Waals surface area contributed by atoms with Gasteiger partial charge in [0.15, 0.2) is 0 Å². The van der Waals surface area contributed by atoms with Crippen molar-refractivity contribution in [3.63, 3.8) is 0 Å². The lowest BCUT2D eigenvalue weighted by atomic mass is 10.0. The number of methoxy groups -OCH3 is 1. The number of ether oxygens (including phenoxy) is 3. The molecule has 3 aromatic rings. The molecule has 5 rings (SSSR count). The molecule has 9 nitrogen and oxygen atoms in total. The van der Waals surface area contributed by atoms with Crippen LogP contribution in [-0.4, -0.2) is 73.4 Å². The Bertz CT molecular complexity index is 1360. The number of carbonyl (C=O) groups excluding carboxylic acids is 2. The van der Waals surface area contributed by atoms with Gasteiger partial charge in [-0.1, -0.05) is 6.07 Å². The highest BCUT2D eigenvalue weighted by Gasteiger charge is 2.29. The van der Waals surface area contributed by atoms with E-state index in [9.17, 15) is 9.59 Å². The smallest absolute Gasteiger partial charge is 0.410 e. The standard InChI is InChI=1S/C29H36N4O5S/c1-18(21-15-26(34)30-16-21)37-25-14-20(12-22-27(25)39-17-31-22)19-6-7-23(24(13-19)36-5)32-8-10-33(11-9-32)28(35)38-29(2,3)4/h6-7,12-14,17-18,21H,8-11,15-16H2,1-5H3,(H,30,34)/t18-,21-/m1/s1. The first kappa shape index (κ1) is 27.1. The number of piperazine rings is 1. The largest absolute Gasteiger partial charge is 0.495 e. The van der Waals surface area contributed by atoms with Crippen LogP contribution in [0.4, 0.5) is 10.5 Å². The maximum Gasteiger partial charge on any atom is 0.410 e. The normalized spacial score (nSPS) is 18.7. The van der Waals surface area contributed by atoms with Gasteiger partial charge in [0.1, 0.15) is 23.2 Å². The maximum atomic E-state index is 12.5. The topological polar surface area (TPSA) is 93.2 Å². The van der Waals surface area contributed by atoms with Gasteiger partial charge < -0.3 is 29.3 Å². The number of hydrogen-bond acceptors (Lipinski definition) is 8. The average molecular weight is 553 g/mol. The summed E-state index contributed by atoms with van der Waals surface area (Å²) in [5.41, 5.74) is 5.16. The molecule has 2 saturated heterocycles. The predicted molar refractivity (Wildman–Crippen MR) is 153 cm³/mol. The lowest BCUT2D eigenvalue weighted by molar-refractivity contribution is -0.119. The van der Waals surface area contributed by atoms with Crippen LogP contribution in [-0.2, 0) is 9.53 Å². The molecule has 2 fully saturated rings. The van der Waals surface area contributed by atoms with E-state index in [4.69, 9.17) is 14.2 Å². The Balaban J connectivity index is 1.34. The van der Waals surface area contributed by atoms with Crippen molar-refractivity contribution in [1.29, 1.82) is 0 Å². The SMILES string of the molecule is COc1cc(-c2cc(O[C@H](C)[C@H]3CNC(=O)C3)c3scnc3c2)ccc1N1CCN(C(=O)OC(C)(C)C)CC1. The Morgan fingerprint density at radius 2 is 1.85 bits per heavy atom. The van der Waals surface area contributed by atoms with E-state index in [0.29, 0.717) is 39.1 Å². The van der Waals surface area contributed by atoms with Gasteiger partial charge in [-0.25, -0.2) is 9.78 Å². The Labute approximate surface area is 233 Å². The van der Waals surface area contributed by atoms with Crippen LogP contribution in [0.25, 0.3) is 21.3 Å². The monoisotopic (exact) mass is 552 g/mol. The molecule has 0 bridgehead atoms. The number of rotatable bonds is 6. The van der Waals surface area contributed by atoms with Crippen molar-refractivity contribution in [3.8, 4) is 22.6 Å². The van der Waals surface area contributed by atoms with E-state index in [1.54, 1.807) is 23.3 Å². The molecular weight excluding hydrogens is 516 g/mol. The second-order valence-corrected chi connectivity index (χ2v) is 12.0. The quantitative estimate of drug-likeness (QED) is 0.463. The third-order valence-electron chi connectivity index (χ3n) is 7.17. The van der Waals surface area contributed by atoms with Crippen LogP contribution in [0, 0.1) is 5.92 Å². The summed E-state index contributed by atoms with van der Waals surface area (Å²) < 4.78 is 18.8. The summed E-state index contributed by atoms with van der Waals surface area (Å²) in [7, 11) is 1.68. The van der Waals surface area contributed by atoms with Gasteiger partial charge in [-0.15, -0.1) is 11.3 Å². The number of hydrogen-bond donors (Lipinski definition) is 1. The first-order valence-corrected chi connectivity index (χ1v) is 14.2. The highest BCUT2D eigenvalue weighted by Crippen LogP contribution is 2.39. The number of amides is 2. The summed E-state index contributed by atoms with van der Waals surface area (Å²) in [6, 6.07) is 10.3. The molecule has 3 heterocycles. The Hall–Kier alpha value is -3.53. The van der Waals surface area contributed by atoms with Gasteiger partial charge in [0.05, 0.1) is 28.5 Å². The number of aromatic nitrogens is 1. The molecule has 0 unspecified atom stereocenters. The van der Waals surface area contributed by atoms with Crippen LogP contribution in [0.2, 0.25) is 0 Å². The van der Waals surface area contributed by atoms with Crippen molar-refractivity contribution in [2.45, 2.75) is 45.8 Å². The highest BCUT2D eigenvalue weighted by atomic mass is 32.1. The second kappa shape index (κ2) is 10.9. The summed E-state index contributed by atoms with van der Waals surface area (Å²) >= 11 is 1.55. The highest BCUT2D eigenvalue weighted by molar-refractivity contribution is 7.17. The molecule has 2 atom stereocenters. The molecule has 1 N–H and O–H groups in total. The summed E-state index contributed by atoms with van der Waals surface area (Å²) in [6.07, 6.45) is 0.1000. The number of anilines is 1.